The second-order valence-corrected chi connectivity index (χ2v) is 10.0. The van der Waals surface area contributed by atoms with Crippen molar-refractivity contribution in [2.45, 2.75) is 11.3 Å². The number of carbonyl (C=O) groups is 1. The third-order valence-electron chi connectivity index (χ3n) is 5.79. The van der Waals surface area contributed by atoms with Gasteiger partial charge in [-0.05, 0) is 48.5 Å². The van der Waals surface area contributed by atoms with Crippen molar-refractivity contribution in [1.29, 1.82) is 0 Å². The van der Waals surface area contributed by atoms with E-state index in [1.54, 1.807) is 35.6 Å². The van der Waals surface area contributed by atoms with Gasteiger partial charge in [-0.3, -0.25) is 9.78 Å². The first-order valence-electron chi connectivity index (χ1n) is 11.2. The highest BCUT2D eigenvalue weighted by molar-refractivity contribution is 7.82. The topological polar surface area (TPSA) is 68.8 Å². The van der Waals surface area contributed by atoms with Crippen molar-refractivity contribution >= 4 is 45.6 Å². The van der Waals surface area contributed by atoms with E-state index in [-0.39, 0.29) is 12.3 Å². The lowest BCUT2D eigenvalue weighted by Crippen LogP contribution is -2.46. The summed E-state index contributed by atoms with van der Waals surface area (Å²) in [7, 11) is 0.304. The molecule has 0 aliphatic carbocycles. The van der Waals surface area contributed by atoms with Crippen molar-refractivity contribution in [3.05, 3.63) is 78.1 Å². The van der Waals surface area contributed by atoms with Gasteiger partial charge < -0.3 is 15.1 Å². The maximum Gasteiger partial charge on any atom is 0.225 e. The van der Waals surface area contributed by atoms with Crippen molar-refractivity contribution < 1.29 is 9.00 Å². The molecule has 34 heavy (non-hydrogen) atoms. The van der Waals surface area contributed by atoms with E-state index in [9.17, 15) is 9.00 Å². The van der Waals surface area contributed by atoms with Gasteiger partial charge in [-0.15, -0.1) is 0 Å². The lowest BCUT2D eigenvalue weighted by molar-refractivity contribution is -0.116. The zero-order valence-corrected chi connectivity index (χ0v) is 20.6. The summed E-state index contributed by atoms with van der Waals surface area (Å²) in [5, 5.41) is 3.38. The van der Waals surface area contributed by atoms with Crippen LogP contribution in [0.2, 0.25) is 5.02 Å². The first-order chi connectivity index (χ1) is 16.5. The Kier molecular flexibility index (Phi) is 8.16. The molecule has 0 radical (unpaired) electrons. The number of anilines is 3. The van der Waals surface area contributed by atoms with Crippen LogP contribution in [0.15, 0.2) is 78.0 Å². The fourth-order valence-corrected chi connectivity index (χ4v) is 5.21. The quantitative estimate of drug-likeness (QED) is 0.508. The standard InChI is InChI=1S/C25H28ClN5O2S/c1-29(34(33)24-5-3-2-4-23(24)26)15-12-25(32)28-20-6-8-21(9-7-20)30-16-18-31(19-17-30)22-10-13-27-14-11-22/h2-11,13-14H,12,15-19H2,1H3,(H,28,32). The Bertz CT molecular complexity index is 1120. The summed E-state index contributed by atoms with van der Waals surface area (Å²) < 4.78 is 14.3. The van der Waals surface area contributed by atoms with Crippen LogP contribution >= 0.6 is 11.6 Å². The van der Waals surface area contributed by atoms with E-state index in [1.165, 1.54) is 5.69 Å². The van der Waals surface area contributed by atoms with Gasteiger partial charge in [-0.1, -0.05) is 23.7 Å². The monoisotopic (exact) mass is 497 g/mol. The molecule has 1 unspecified atom stereocenters. The van der Waals surface area contributed by atoms with Gasteiger partial charge in [0.05, 0.1) is 9.92 Å². The molecule has 1 saturated heterocycles. The minimum atomic E-state index is -1.41. The predicted molar refractivity (Wildman–Crippen MR) is 139 cm³/mol. The molecule has 7 nitrogen and oxygen atoms in total. The number of amides is 1. The van der Waals surface area contributed by atoms with Crippen molar-refractivity contribution in [3.8, 4) is 0 Å². The number of carbonyl (C=O) groups excluding carboxylic acids is 1. The van der Waals surface area contributed by atoms with Crippen LogP contribution in [0.25, 0.3) is 0 Å². The number of pyridine rings is 1. The molecule has 0 saturated carbocycles. The lowest BCUT2D eigenvalue weighted by atomic mass is 10.2. The Labute approximate surface area is 207 Å². The number of piperazine rings is 1. The Morgan fingerprint density at radius 3 is 2.18 bits per heavy atom. The number of hydrogen-bond donors (Lipinski definition) is 1. The van der Waals surface area contributed by atoms with E-state index in [0.29, 0.717) is 16.5 Å². The molecule has 9 heteroatoms. The average Bonchev–Trinajstić information content (AvgIpc) is 2.88. The Hall–Kier alpha value is -2.94. The third kappa shape index (κ3) is 6.14. The van der Waals surface area contributed by atoms with Crippen molar-refractivity contribution in [3.63, 3.8) is 0 Å². The van der Waals surface area contributed by atoms with Crippen molar-refractivity contribution in [2.24, 2.45) is 0 Å². The molecule has 178 valence electrons. The van der Waals surface area contributed by atoms with Gasteiger partial charge in [0.25, 0.3) is 0 Å². The highest BCUT2D eigenvalue weighted by atomic mass is 35.5. The number of nitrogens with zero attached hydrogens (tertiary/aromatic N) is 4. The zero-order valence-electron chi connectivity index (χ0n) is 19.1. The largest absolute Gasteiger partial charge is 0.368 e. The molecular weight excluding hydrogens is 470 g/mol. The maximum absolute atomic E-state index is 12.6. The summed E-state index contributed by atoms with van der Waals surface area (Å²) in [6, 6.07) is 19.0. The van der Waals surface area contributed by atoms with Crippen molar-refractivity contribution in [1.82, 2.24) is 9.29 Å². The van der Waals surface area contributed by atoms with Crippen LogP contribution in [0, 0.1) is 0 Å². The van der Waals surface area contributed by atoms with Crippen LogP contribution in [0.1, 0.15) is 6.42 Å². The fraction of sp³-hybridized carbons (Fsp3) is 0.280. The molecule has 1 aliphatic heterocycles. The third-order valence-corrected chi connectivity index (χ3v) is 7.71. The minimum Gasteiger partial charge on any atom is -0.368 e. The Morgan fingerprint density at radius 1 is 0.971 bits per heavy atom. The smallest absolute Gasteiger partial charge is 0.225 e. The first-order valence-corrected chi connectivity index (χ1v) is 12.7. The van der Waals surface area contributed by atoms with Crippen LogP contribution < -0.4 is 15.1 Å². The van der Waals surface area contributed by atoms with Gasteiger partial charge in [0, 0.05) is 75.6 Å². The van der Waals surface area contributed by atoms with Gasteiger partial charge in [0.2, 0.25) is 5.91 Å². The molecule has 1 atom stereocenters. The zero-order chi connectivity index (χ0) is 23.9. The molecule has 3 aromatic rings. The summed E-state index contributed by atoms with van der Waals surface area (Å²) in [5.41, 5.74) is 3.09. The SMILES string of the molecule is CN(CCC(=O)Nc1ccc(N2CCN(c3ccncc3)CC2)cc1)S(=O)c1ccccc1Cl. The maximum atomic E-state index is 12.6. The molecule has 1 amide bonds. The highest BCUT2D eigenvalue weighted by Gasteiger charge is 2.18. The molecule has 1 aromatic heterocycles. The van der Waals surface area contributed by atoms with Crippen LogP contribution in [0.5, 0.6) is 0 Å². The lowest BCUT2D eigenvalue weighted by Gasteiger charge is -2.37. The highest BCUT2D eigenvalue weighted by Crippen LogP contribution is 2.23. The molecule has 4 rings (SSSR count). The van der Waals surface area contributed by atoms with E-state index >= 15 is 0 Å². The summed E-state index contributed by atoms with van der Waals surface area (Å²) in [6.45, 7) is 4.12. The molecule has 2 heterocycles. The number of benzene rings is 2. The number of hydrogen-bond acceptors (Lipinski definition) is 5. The van der Waals surface area contributed by atoms with Gasteiger partial charge in [0.1, 0.15) is 11.0 Å². The summed E-state index contributed by atoms with van der Waals surface area (Å²) in [5.74, 6) is -0.123. The molecule has 1 aliphatic rings. The molecule has 2 aromatic carbocycles. The number of nitrogens with one attached hydrogen (secondary N) is 1. The molecule has 0 bridgehead atoms. The Balaban J connectivity index is 1.24. The average molecular weight is 498 g/mol. The summed E-state index contributed by atoms with van der Waals surface area (Å²) in [4.78, 5) is 21.8. The first kappa shape index (κ1) is 24.2. The molecule has 1 fully saturated rings. The number of rotatable bonds is 8. The van der Waals surface area contributed by atoms with Crippen LogP contribution in [0.4, 0.5) is 17.1 Å². The van der Waals surface area contributed by atoms with Gasteiger partial charge in [0.15, 0.2) is 0 Å². The van der Waals surface area contributed by atoms with Crippen molar-refractivity contribution in [2.75, 3.05) is 54.9 Å². The molecule has 1 N–H and O–H groups in total. The van der Waals surface area contributed by atoms with E-state index in [1.807, 2.05) is 48.8 Å². The van der Waals surface area contributed by atoms with E-state index in [4.69, 9.17) is 11.6 Å². The van der Waals surface area contributed by atoms with Crippen LogP contribution in [-0.2, 0) is 15.8 Å². The summed E-state index contributed by atoms with van der Waals surface area (Å²) in [6.07, 6.45) is 3.88. The van der Waals surface area contributed by atoms with Gasteiger partial charge >= 0.3 is 0 Å². The van der Waals surface area contributed by atoms with E-state index in [0.717, 1.165) is 37.6 Å². The van der Waals surface area contributed by atoms with Gasteiger partial charge in [-0.2, -0.15) is 0 Å². The molecular formula is C25H28ClN5O2S. The van der Waals surface area contributed by atoms with Crippen LogP contribution in [-0.4, -0.2) is 59.2 Å². The number of aromatic nitrogens is 1. The Morgan fingerprint density at radius 2 is 1.56 bits per heavy atom. The predicted octanol–water partition coefficient (Wildman–Crippen LogP) is 4.04. The van der Waals surface area contributed by atoms with E-state index in [2.05, 4.69) is 20.1 Å². The van der Waals surface area contributed by atoms with Crippen LogP contribution in [0.3, 0.4) is 0 Å². The van der Waals surface area contributed by atoms with Gasteiger partial charge in [-0.25, -0.2) is 8.51 Å². The fourth-order valence-electron chi connectivity index (χ4n) is 3.85. The second kappa shape index (κ2) is 11.5. The summed E-state index contributed by atoms with van der Waals surface area (Å²) >= 11 is 6.13. The van der Waals surface area contributed by atoms with E-state index < -0.39 is 11.0 Å². The second-order valence-electron chi connectivity index (χ2n) is 8.06. The number of halogens is 1. The molecule has 0 spiro atoms. The minimum absolute atomic E-state index is 0.123. The normalized spacial score (nSPS) is 14.8.